The maximum Gasteiger partial charge on any atom is 0.271 e. The number of carbonyl (C=O) groups is 1. The van der Waals surface area contributed by atoms with Gasteiger partial charge in [0.2, 0.25) is 0 Å². The van der Waals surface area contributed by atoms with Crippen LogP contribution in [0.1, 0.15) is 15.9 Å². The second kappa shape index (κ2) is 8.17. The molecule has 9 heteroatoms. The van der Waals surface area contributed by atoms with Gasteiger partial charge in [-0.15, -0.1) is 0 Å². The Morgan fingerprint density at radius 2 is 2.00 bits per heavy atom. The minimum atomic E-state index is -0.462. The first-order valence-corrected chi connectivity index (χ1v) is 8.00. The van der Waals surface area contributed by atoms with E-state index in [1.807, 2.05) is 0 Å². The van der Waals surface area contributed by atoms with Crippen LogP contribution < -0.4 is 10.3 Å². The molecule has 1 aromatic heterocycles. The maximum atomic E-state index is 12.0. The van der Waals surface area contributed by atoms with Gasteiger partial charge in [-0.05, 0) is 18.2 Å². The van der Waals surface area contributed by atoms with Crippen molar-refractivity contribution in [2.75, 3.05) is 31.2 Å². The van der Waals surface area contributed by atoms with Gasteiger partial charge < -0.3 is 9.64 Å². The largest absolute Gasteiger partial charge is 0.378 e. The van der Waals surface area contributed by atoms with Gasteiger partial charge in [-0.2, -0.15) is 5.10 Å². The number of hydrogen-bond donors (Lipinski definition) is 1. The lowest BCUT2D eigenvalue weighted by atomic mass is 10.1. The summed E-state index contributed by atoms with van der Waals surface area (Å²) in [6.45, 7) is 2.54. The van der Waals surface area contributed by atoms with Gasteiger partial charge in [-0.1, -0.05) is 0 Å². The van der Waals surface area contributed by atoms with Crippen molar-refractivity contribution in [2.24, 2.45) is 5.10 Å². The van der Waals surface area contributed by atoms with Gasteiger partial charge >= 0.3 is 0 Å². The first kappa shape index (κ1) is 17.5. The van der Waals surface area contributed by atoms with Crippen molar-refractivity contribution in [3.63, 3.8) is 0 Å². The average molecular weight is 355 g/mol. The third-order valence-electron chi connectivity index (χ3n) is 3.89. The lowest BCUT2D eigenvalue weighted by Gasteiger charge is -2.29. The molecular formula is C17H17N5O4. The van der Waals surface area contributed by atoms with Crippen molar-refractivity contribution in [1.29, 1.82) is 0 Å². The molecule has 0 radical (unpaired) electrons. The van der Waals surface area contributed by atoms with E-state index in [0.29, 0.717) is 37.4 Å². The molecule has 0 spiro atoms. The minimum Gasteiger partial charge on any atom is -0.378 e. The summed E-state index contributed by atoms with van der Waals surface area (Å²) in [5.74, 6) is -0.387. The van der Waals surface area contributed by atoms with E-state index in [1.165, 1.54) is 30.7 Å². The van der Waals surface area contributed by atoms with E-state index in [1.54, 1.807) is 18.2 Å². The number of morpholine rings is 1. The van der Waals surface area contributed by atoms with Gasteiger partial charge in [0.15, 0.2) is 0 Å². The summed E-state index contributed by atoms with van der Waals surface area (Å²) in [7, 11) is 0. The Balaban J connectivity index is 1.80. The van der Waals surface area contributed by atoms with E-state index in [2.05, 4.69) is 20.4 Å². The lowest BCUT2D eigenvalue weighted by Crippen LogP contribution is -2.36. The first-order chi connectivity index (χ1) is 12.6. The van der Waals surface area contributed by atoms with Crippen LogP contribution in [-0.4, -0.2) is 48.3 Å². The van der Waals surface area contributed by atoms with Crippen molar-refractivity contribution in [1.82, 2.24) is 10.4 Å². The van der Waals surface area contributed by atoms with Crippen LogP contribution in [0.25, 0.3) is 0 Å². The molecule has 2 aromatic rings. The Hall–Kier alpha value is -3.33. The summed E-state index contributed by atoms with van der Waals surface area (Å²) in [6.07, 6.45) is 4.43. The van der Waals surface area contributed by atoms with Gasteiger partial charge in [-0.25, -0.2) is 5.43 Å². The average Bonchev–Trinajstić information content (AvgIpc) is 2.69. The number of ether oxygens (including phenoxy) is 1. The van der Waals surface area contributed by atoms with Crippen LogP contribution in [0.4, 0.5) is 11.4 Å². The van der Waals surface area contributed by atoms with E-state index < -0.39 is 4.92 Å². The molecule has 3 rings (SSSR count). The number of rotatable bonds is 5. The molecule has 1 fully saturated rings. The molecule has 0 unspecified atom stereocenters. The predicted octanol–water partition coefficient (Wildman–Crippen LogP) is 1.59. The van der Waals surface area contributed by atoms with Crippen LogP contribution in [0.3, 0.4) is 0 Å². The maximum absolute atomic E-state index is 12.0. The molecule has 0 aliphatic carbocycles. The topological polar surface area (TPSA) is 110 Å². The second-order valence-electron chi connectivity index (χ2n) is 5.53. The van der Waals surface area contributed by atoms with Crippen LogP contribution in [0.5, 0.6) is 0 Å². The highest BCUT2D eigenvalue weighted by Crippen LogP contribution is 2.25. The molecule has 0 atom stereocenters. The van der Waals surface area contributed by atoms with E-state index in [-0.39, 0.29) is 11.6 Å². The van der Waals surface area contributed by atoms with E-state index in [0.717, 1.165) is 5.69 Å². The Morgan fingerprint density at radius 1 is 1.27 bits per heavy atom. The number of non-ortho nitro benzene ring substituents is 1. The number of nitrogens with zero attached hydrogens (tertiary/aromatic N) is 4. The van der Waals surface area contributed by atoms with Crippen molar-refractivity contribution in [3.05, 3.63) is 64.0 Å². The third kappa shape index (κ3) is 4.19. The molecule has 0 saturated carbocycles. The molecule has 9 nitrogen and oxygen atoms in total. The Kier molecular flexibility index (Phi) is 5.49. The number of nitro groups is 1. The first-order valence-electron chi connectivity index (χ1n) is 8.00. The van der Waals surface area contributed by atoms with E-state index in [9.17, 15) is 14.9 Å². The number of nitrogens with one attached hydrogen (secondary N) is 1. The van der Waals surface area contributed by atoms with Crippen molar-refractivity contribution < 1.29 is 14.5 Å². The zero-order valence-electron chi connectivity index (χ0n) is 13.9. The number of anilines is 1. The van der Waals surface area contributed by atoms with E-state index >= 15 is 0 Å². The summed E-state index contributed by atoms with van der Waals surface area (Å²) >= 11 is 0. The second-order valence-corrected chi connectivity index (χ2v) is 5.53. The molecule has 1 aromatic carbocycles. The number of hydrogen-bond acceptors (Lipinski definition) is 7. The lowest BCUT2D eigenvalue weighted by molar-refractivity contribution is -0.384. The highest BCUT2D eigenvalue weighted by Gasteiger charge is 2.17. The normalized spacial score (nSPS) is 14.4. The molecule has 1 amide bonds. The highest BCUT2D eigenvalue weighted by atomic mass is 16.6. The zero-order valence-corrected chi connectivity index (χ0v) is 13.9. The Bertz CT molecular complexity index is 819. The number of amides is 1. The zero-order chi connectivity index (χ0) is 18.4. The Labute approximate surface area is 149 Å². The minimum absolute atomic E-state index is 0.0380. The third-order valence-corrected chi connectivity index (χ3v) is 3.89. The molecule has 1 N–H and O–H groups in total. The van der Waals surface area contributed by atoms with Crippen LogP contribution in [0.15, 0.2) is 47.8 Å². The fraction of sp³-hybridized carbons (Fsp3) is 0.235. The molecule has 0 bridgehead atoms. The highest BCUT2D eigenvalue weighted by molar-refractivity contribution is 5.95. The number of benzene rings is 1. The van der Waals surface area contributed by atoms with Gasteiger partial charge in [0, 0.05) is 54.4 Å². The van der Waals surface area contributed by atoms with Crippen LogP contribution >= 0.6 is 0 Å². The summed E-state index contributed by atoms with van der Waals surface area (Å²) in [5.41, 5.74) is 4.16. The molecule has 2 heterocycles. The SMILES string of the molecule is O=C(NN=Cc1cc([N+](=O)[O-])ccc1N1CCOCC1)c1ccncc1. The molecule has 1 aliphatic heterocycles. The Morgan fingerprint density at radius 3 is 2.69 bits per heavy atom. The number of hydrazone groups is 1. The molecule has 1 saturated heterocycles. The fourth-order valence-corrected chi connectivity index (χ4v) is 2.58. The summed E-state index contributed by atoms with van der Waals surface area (Å²) in [4.78, 5) is 28.5. The number of aromatic nitrogens is 1. The smallest absolute Gasteiger partial charge is 0.271 e. The molecule has 1 aliphatic rings. The van der Waals surface area contributed by atoms with E-state index in [4.69, 9.17) is 4.74 Å². The summed E-state index contributed by atoms with van der Waals surface area (Å²) in [5, 5.41) is 15.0. The van der Waals surface area contributed by atoms with Crippen LogP contribution in [0, 0.1) is 10.1 Å². The molecule has 26 heavy (non-hydrogen) atoms. The van der Waals surface area contributed by atoms with Crippen LogP contribution in [-0.2, 0) is 4.74 Å². The monoisotopic (exact) mass is 355 g/mol. The molecular weight excluding hydrogens is 338 g/mol. The molecule has 134 valence electrons. The summed E-state index contributed by atoms with van der Waals surface area (Å²) < 4.78 is 5.34. The quantitative estimate of drug-likeness (QED) is 0.495. The number of nitro benzene ring substituents is 1. The fourth-order valence-electron chi connectivity index (χ4n) is 2.58. The predicted molar refractivity (Wildman–Crippen MR) is 95.4 cm³/mol. The summed E-state index contributed by atoms with van der Waals surface area (Å²) in [6, 6.07) is 7.72. The van der Waals surface area contributed by atoms with Crippen molar-refractivity contribution in [2.45, 2.75) is 0 Å². The number of carbonyl (C=O) groups excluding carboxylic acids is 1. The number of pyridine rings is 1. The van der Waals surface area contributed by atoms with Crippen molar-refractivity contribution in [3.8, 4) is 0 Å². The van der Waals surface area contributed by atoms with Gasteiger partial charge in [0.05, 0.1) is 24.4 Å². The van der Waals surface area contributed by atoms with Crippen LogP contribution in [0.2, 0.25) is 0 Å². The van der Waals surface area contributed by atoms with Crippen molar-refractivity contribution >= 4 is 23.5 Å². The van der Waals surface area contributed by atoms with Gasteiger partial charge in [0.1, 0.15) is 0 Å². The van der Waals surface area contributed by atoms with Gasteiger partial charge in [0.25, 0.3) is 11.6 Å². The standard InChI is InChI=1S/C17H17N5O4/c23-17(13-3-5-18-6-4-13)20-19-12-14-11-15(22(24)25)1-2-16(14)21-7-9-26-10-8-21/h1-6,11-12H,7-10H2,(H,20,23). The van der Waals surface area contributed by atoms with Gasteiger partial charge in [-0.3, -0.25) is 19.9 Å².